The van der Waals surface area contributed by atoms with E-state index in [0.717, 1.165) is 16.6 Å². The summed E-state index contributed by atoms with van der Waals surface area (Å²) in [6, 6.07) is 9.06. The normalized spacial score (nSPS) is 10.4. The molecule has 0 radical (unpaired) electrons. The van der Waals surface area contributed by atoms with E-state index in [-0.39, 0.29) is 6.54 Å². The highest BCUT2D eigenvalue weighted by molar-refractivity contribution is 9.10. The molecular formula is C13H10BrF2NO. The van der Waals surface area contributed by atoms with Gasteiger partial charge in [0.25, 0.3) is 0 Å². The highest BCUT2D eigenvalue weighted by Crippen LogP contribution is 2.29. The van der Waals surface area contributed by atoms with Gasteiger partial charge >= 0.3 is 0 Å². The molecule has 0 aliphatic heterocycles. The Morgan fingerprint density at radius 3 is 2.33 bits per heavy atom. The van der Waals surface area contributed by atoms with Crippen LogP contribution in [0.25, 0.3) is 0 Å². The summed E-state index contributed by atoms with van der Waals surface area (Å²) in [4.78, 5) is 0. The summed E-state index contributed by atoms with van der Waals surface area (Å²) in [7, 11) is 0. The first-order valence-corrected chi connectivity index (χ1v) is 6.01. The Labute approximate surface area is 112 Å². The number of rotatable bonds is 3. The van der Waals surface area contributed by atoms with E-state index in [1.54, 1.807) is 24.3 Å². The summed E-state index contributed by atoms with van der Waals surface area (Å²) in [5.74, 6) is -1.61. The number of hydrogen-bond donors (Lipinski definition) is 1. The summed E-state index contributed by atoms with van der Waals surface area (Å²) >= 11 is 3.25. The van der Waals surface area contributed by atoms with Gasteiger partial charge in [0, 0.05) is 11.0 Å². The summed E-state index contributed by atoms with van der Waals surface area (Å²) in [6.07, 6.45) is 0. The van der Waals surface area contributed by atoms with E-state index in [9.17, 15) is 8.78 Å². The molecule has 0 amide bonds. The standard InChI is InChI=1S/C13H10BrF2NO/c14-9-2-1-3-10(6-9)18-13-11(15)4-8(7-17)5-12(13)16/h1-6H,7,17H2. The second-order valence-corrected chi connectivity index (χ2v) is 4.57. The van der Waals surface area contributed by atoms with Crippen molar-refractivity contribution in [3.05, 3.63) is 58.1 Å². The Bertz CT molecular complexity index is 552. The molecule has 18 heavy (non-hydrogen) atoms. The average molecular weight is 314 g/mol. The van der Waals surface area contributed by atoms with E-state index >= 15 is 0 Å². The lowest BCUT2D eigenvalue weighted by atomic mass is 10.2. The van der Waals surface area contributed by atoms with Gasteiger partial charge in [0.05, 0.1) is 0 Å². The molecule has 2 N–H and O–H groups in total. The zero-order chi connectivity index (χ0) is 13.1. The van der Waals surface area contributed by atoms with Gasteiger partial charge in [-0.1, -0.05) is 22.0 Å². The predicted molar refractivity (Wildman–Crippen MR) is 68.5 cm³/mol. The minimum Gasteiger partial charge on any atom is -0.451 e. The summed E-state index contributed by atoms with van der Waals surface area (Å²) in [6.45, 7) is 0.0744. The maximum Gasteiger partial charge on any atom is 0.198 e. The fourth-order valence-corrected chi connectivity index (χ4v) is 1.85. The molecule has 0 aromatic heterocycles. The van der Waals surface area contributed by atoms with Crippen molar-refractivity contribution in [3.63, 3.8) is 0 Å². The van der Waals surface area contributed by atoms with Gasteiger partial charge in [0.15, 0.2) is 17.4 Å². The van der Waals surface area contributed by atoms with E-state index in [1.165, 1.54) is 0 Å². The summed E-state index contributed by atoms with van der Waals surface area (Å²) in [5, 5.41) is 0. The maximum atomic E-state index is 13.7. The van der Waals surface area contributed by atoms with Crippen molar-refractivity contribution in [1.82, 2.24) is 0 Å². The van der Waals surface area contributed by atoms with E-state index in [2.05, 4.69) is 15.9 Å². The van der Waals surface area contributed by atoms with Gasteiger partial charge in [0.2, 0.25) is 0 Å². The van der Waals surface area contributed by atoms with Crippen molar-refractivity contribution in [2.24, 2.45) is 5.73 Å². The molecule has 94 valence electrons. The molecule has 0 aliphatic rings. The Kier molecular flexibility index (Phi) is 3.93. The monoisotopic (exact) mass is 313 g/mol. The number of halogens is 3. The zero-order valence-corrected chi connectivity index (χ0v) is 10.9. The summed E-state index contributed by atoms with van der Waals surface area (Å²) in [5.41, 5.74) is 5.71. The van der Waals surface area contributed by atoms with Gasteiger partial charge in [-0.3, -0.25) is 0 Å². The third-order valence-electron chi connectivity index (χ3n) is 2.31. The number of ether oxygens (including phenoxy) is 1. The third kappa shape index (κ3) is 2.86. The summed E-state index contributed by atoms with van der Waals surface area (Å²) < 4.78 is 33.3. The van der Waals surface area contributed by atoms with E-state index in [0.29, 0.717) is 11.3 Å². The van der Waals surface area contributed by atoms with E-state index in [1.807, 2.05) is 0 Å². The van der Waals surface area contributed by atoms with Crippen LogP contribution in [0.15, 0.2) is 40.9 Å². The lowest BCUT2D eigenvalue weighted by Crippen LogP contribution is -2.00. The molecular weight excluding hydrogens is 304 g/mol. The first-order valence-electron chi connectivity index (χ1n) is 5.21. The van der Waals surface area contributed by atoms with Crippen LogP contribution in [0.4, 0.5) is 8.78 Å². The fraction of sp³-hybridized carbons (Fsp3) is 0.0769. The zero-order valence-electron chi connectivity index (χ0n) is 9.29. The van der Waals surface area contributed by atoms with Crippen LogP contribution in [0.3, 0.4) is 0 Å². The van der Waals surface area contributed by atoms with Crippen LogP contribution in [0, 0.1) is 11.6 Å². The van der Waals surface area contributed by atoms with Crippen LogP contribution >= 0.6 is 15.9 Å². The van der Waals surface area contributed by atoms with Crippen LogP contribution < -0.4 is 10.5 Å². The van der Waals surface area contributed by atoms with Crippen molar-refractivity contribution in [2.45, 2.75) is 6.54 Å². The van der Waals surface area contributed by atoms with E-state index < -0.39 is 17.4 Å². The molecule has 2 aromatic carbocycles. The van der Waals surface area contributed by atoms with Crippen LogP contribution in [-0.4, -0.2) is 0 Å². The molecule has 0 bridgehead atoms. The Morgan fingerprint density at radius 1 is 1.11 bits per heavy atom. The Hall–Kier alpha value is -1.46. The molecule has 0 saturated carbocycles. The molecule has 0 fully saturated rings. The quantitative estimate of drug-likeness (QED) is 0.930. The van der Waals surface area contributed by atoms with Gasteiger partial charge in [0.1, 0.15) is 5.75 Å². The molecule has 0 heterocycles. The van der Waals surface area contributed by atoms with Gasteiger partial charge in [-0.25, -0.2) is 8.78 Å². The molecule has 0 spiro atoms. The molecule has 2 aromatic rings. The van der Waals surface area contributed by atoms with Gasteiger partial charge in [-0.2, -0.15) is 0 Å². The smallest absolute Gasteiger partial charge is 0.198 e. The topological polar surface area (TPSA) is 35.2 Å². The van der Waals surface area contributed by atoms with Crippen LogP contribution in [0.5, 0.6) is 11.5 Å². The molecule has 5 heteroatoms. The minimum absolute atomic E-state index is 0.0744. The van der Waals surface area contributed by atoms with Gasteiger partial charge < -0.3 is 10.5 Å². The third-order valence-corrected chi connectivity index (χ3v) is 2.80. The second kappa shape index (κ2) is 5.46. The average Bonchev–Trinajstić information content (AvgIpc) is 2.33. The minimum atomic E-state index is -0.768. The van der Waals surface area contributed by atoms with Crippen molar-refractivity contribution < 1.29 is 13.5 Å². The Balaban J connectivity index is 2.35. The highest BCUT2D eigenvalue weighted by Gasteiger charge is 2.13. The van der Waals surface area contributed by atoms with Crippen LogP contribution in [0.1, 0.15) is 5.56 Å². The maximum absolute atomic E-state index is 13.7. The SMILES string of the molecule is NCc1cc(F)c(Oc2cccc(Br)c2)c(F)c1. The van der Waals surface area contributed by atoms with Crippen molar-refractivity contribution >= 4 is 15.9 Å². The first-order chi connectivity index (χ1) is 8.60. The molecule has 0 saturated heterocycles. The molecule has 2 nitrogen and oxygen atoms in total. The van der Waals surface area contributed by atoms with Gasteiger partial charge in [-0.15, -0.1) is 0 Å². The van der Waals surface area contributed by atoms with Crippen molar-refractivity contribution in [1.29, 1.82) is 0 Å². The van der Waals surface area contributed by atoms with Crippen molar-refractivity contribution in [3.8, 4) is 11.5 Å². The molecule has 0 unspecified atom stereocenters. The second-order valence-electron chi connectivity index (χ2n) is 3.65. The van der Waals surface area contributed by atoms with Gasteiger partial charge in [-0.05, 0) is 35.9 Å². The first kappa shape index (κ1) is 13.0. The Morgan fingerprint density at radius 2 is 1.78 bits per heavy atom. The van der Waals surface area contributed by atoms with Crippen LogP contribution in [0.2, 0.25) is 0 Å². The lowest BCUT2D eigenvalue weighted by Gasteiger charge is -2.09. The molecule has 0 aliphatic carbocycles. The number of hydrogen-bond acceptors (Lipinski definition) is 2. The number of nitrogens with two attached hydrogens (primary N) is 1. The largest absolute Gasteiger partial charge is 0.451 e. The highest BCUT2D eigenvalue weighted by atomic mass is 79.9. The van der Waals surface area contributed by atoms with Crippen LogP contribution in [-0.2, 0) is 6.54 Å². The fourth-order valence-electron chi connectivity index (χ4n) is 1.48. The predicted octanol–water partition coefficient (Wildman–Crippen LogP) is 3.98. The lowest BCUT2D eigenvalue weighted by molar-refractivity contribution is 0.406. The van der Waals surface area contributed by atoms with E-state index in [4.69, 9.17) is 10.5 Å². The molecule has 2 rings (SSSR count). The molecule has 0 atom stereocenters. The number of benzene rings is 2. The van der Waals surface area contributed by atoms with Crippen molar-refractivity contribution in [2.75, 3.05) is 0 Å².